The number of amides is 2. The average molecular weight is 539 g/mol. The Morgan fingerprint density at radius 1 is 1.08 bits per heavy atom. The SMILES string of the molecule is CCCCN(C)C(=O)c1ccc(N2CCC(NC=O)(c3ccccc3)CC2c2ccc(Cl)c(Cl)c2)cc1. The number of nitrogens with one attached hydrogen (secondary N) is 1. The van der Waals surface area contributed by atoms with Gasteiger partial charge in [0.1, 0.15) is 0 Å². The van der Waals surface area contributed by atoms with Crippen LogP contribution in [0.1, 0.15) is 60.1 Å². The molecule has 37 heavy (non-hydrogen) atoms. The summed E-state index contributed by atoms with van der Waals surface area (Å²) in [4.78, 5) is 28.7. The molecule has 4 rings (SSSR count). The molecule has 1 fully saturated rings. The molecule has 1 saturated heterocycles. The maximum atomic E-state index is 12.9. The first kappa shape index (κ1) is 27.0. The molecule has 0 bridgehead atoms. The van der Waals surface area contributed by atoms with E-state index in [1.807, 2.05) is 67.7 Å². The zero-order valence-corrected chi connectivity index (χ0v) is 22.8. The van der Waals surface area contributed by atoms with Gasteiger partial charge in [0.05, 0.1) is 21.6 Å². The van der Waals surface area contributed by atoms with E-state index >= 15 is 0 Å². The van der Waals surface area contributed by atoms with E-state index in [9.17, 15) is 9.59 Å². The highest BCUT2D eigenvalue weighted by atomic mass is 35.5. The van der Waals surface area contributed by atoms with Crippen molar-refractivity contribution in [2.45, 2.75) is 44.2 Å². The molecule has 2 amide bonds. The van der Waals surface area contributed by atoms with Crippen LogP contribution in [0, 0.1) is 0 Å². The van der Waals surface area contributed by atoms with E-state index in [0.717, 1.165) is 49.0 Å². The van der Waals surface area contributed by atoms with E-state index in [1.165, 1.54) is 0 Å². The van der Waals surface area contributed by atoms with Crippen molar-refractivity contribution in [3.05, 3.63) is 99.5 Å². The molecule has 2 unspecified atom stereocenters. The molecule has 0 radical (unpaired) electrons. The van der Waals surface area contributed by atoms with Crippen molar-refractivity contribution in [1.29, 1.82) is 0 Å². The van der Waals surface area contributed by atoms with Gasteiger partial charge < -0.3 is 15.1 Å². The Balaban J connectivity index is 1.68. The molecule has 194 valence electrons. The van der Waals surface area contributed by atoms with Crippen LogP contribution in [-0.2, 0) is 10.3 Å². The van der Waals surface area contributed by atoms with Gasteiger partial charge in [0.25, 0.3) is 5.91 Å². The van der Waals surface area contributed by atoms with Gasteiger partial charge in [-0.2, -0.15) is 0 Å². The summed E-state index contributed by atoms with van der Waals surface area (Å²) < 4.78 is 0. The number of unbranched alkanes of at least 4 members (excludes halogenated alkanes) is 1. The standard InChI is InChI=1S/C30H33Cl2N3O2/c1-3-4-17-34(2)29(37)22-10-13-25(14-11-22)35-18-16-30(33-21-36,24-8-6-5-7-9-24)20-28(35)23-12-15-26(31)27(32)19-23/h5-15,19,21,28H,3-4,16-18,20H2,1-2H3,(H,33,36). The van der Waals surface area contributed by atoms with Gasteiger partial charge in [0, 0.05) is 31.4 Å². The lowest BCUT2D eigenvalue weighted by atomic mass is 9.76. The van der Waals surface area contributed by atoms with E-state index in [2.05, 4.69) is 29.3 Å². The topological polar surface area (TPSA) is 52.7 Å². The van der Waals surface area contributed by atoms with E-state index < -0.39 is 5.54 Å². The Labute approximate surface area is 229 Å². The third-order valence-corrected chi connectivity index (χ3v) is 8.07. The number of hydrogen-bond donors (Lipinski definition) is 1. The second-order valence-corrected chi connectivity index (χ2v) is 10.5. The Morgan fingerprint density at radius 3 is 2.46 bits per heavy atom. The lowest BCUT2D eigenvalue weighted by Gasteiger charge is -2.48. The van der Waals surface area contributed by atoms with Crippen LogP contribution in [0.15, 0.2) is 72.8 Å². The number of nitrogens with zero attached hydrogens (tertiary/aromatic N) is 2. The van der Waals surface area contributed by atoms with Gasteiger partial charge in [-0.15, -0.1) is 0 Å². The van der Waals surface area contributed by atoms with Gasteiger partial charge in [-0.25, -0.2) is 0 Å². The number of benzene rings is 3. The van der Waals surface area contributed by atoms with Crippen LogP contribution in [0.3, 0.4) is 0 Å². The second kappa shape index (κ2) is 12.0. The fourth-order valence-electron chi connectivity index (χ4n) is 5.20. The van der Waals surface area contributed by atoms with Crippen LogP contribution >= 0.6 is 23.2 Å². The summed E-state index contributed by atoms with van der Waals surface area (Å²) in [7, 11) is 1.85. The lowest BCUT2D eigenvalue weighted by molar-refractivity contribution is -0.111. The van der Waals surface area contributed by atoms with E-state index in [4.69, 9.17) is 23.2 Å². The number of halogens is 2. The molecule has 0 aliphatic carbocycles. The number of carbonyl (C=O) groups excluding carboxylic acids is 2. The summed E-state index contributed by atoms with van der Waals surface area (Å²) in [6.45, 7) is 3.56. The fraction of sp³-hybridized carbons (Fsp3) is 0.333. The first-order chi connectivity index (χ1) is 17.9. The van der Waals surface area contributed by atoms with Crippen molar-refractivity contribution in [3.63, 3.8) is 0 Å². The zero-order chi connectivity index (χ0) is 26.4. The zero-order valence-electron chi connectivity index (χ0n) is 21.3. The second-order valence-electron chi connectivity index (χ2n) is 9.67. The first-order valence-corrected chi connectivity index (χ1v) is 13.5. The van der Waals surface area contributed by atoms with Gasteiger partial charge in [0.15, 0.2) is 0 Å². The Bertz CT molecular complexity index is 1220. The van der Waals surface area contributed by atoms with Crippen LogP contribution in [0.2, 0.25) is 10.0 Å². The summed E-state index contributed by atoms with van der Waals surface area (Å²) in [5.41, 5.74) is 3.25. The van der Waals surface area contributed by atoms with Crippen molar-refractivity contribution in [3.8, 4) is 0 Å². The maximum Gasteiger partial charge on any atom is 0.253 e. The minimum Gasteiger partial charge on any atom is -0.364 e. The highest BCUT2D eigenvalue weighted by Crippen LogP contribution is 2.45. The summed E-state index contributed by atoms with van der Waals surface area (Å²) in [5, 5.41) is 4.15. The van der Waals surface area contributed by atoms with Gasteiger partial charge in [0.2, 0.25) is 6.41 Å². The molecular formula is C30H33Cl2N3O2. The third kappa shape index (κ3) is 5.94. The smallest absolute Gasteiger partial charge is 0.253 e. The molecule has 0 spiro atoms. The molecule has 0 saturated carbocycles. The predicted octanol–water partition coefficient (Wildman–Crippen LogP) is 6.85. The number of hydrogen-bond acceptors (Lipinski definition) is 3. The molecule has 3 aromatic carbocycles. The van der Waals surface area contributed by atoms with Crippen LogP contribution in [0.5, 0.6) is 0 Å². The largest absolute Gasteiger partial charge is 0.364 e. The minimum atomic E-state index is -0.520. The van der Waals surface area contributed by atoms with Gasteiger partial charge in [-0.05, 0) is 66.8 Å². The molecule has 1 heterocycles. The van der Waals surface area contributed by atoms with Crippen molar-refractivity contribution in [1.82, 2.24) is 10.2 Å². The highest BCUT2D eigenvalue weighted by molar-refractivity contribution is 6.42. The third-order valence-electron chi connectivity index (χ3n) is 7.33. The molecule has 3 aromatic rings. The monoisotopic (exact) mass is 537 g/mol. The number of anilines is 1. The average Bonchev–Trinajstić information content (AvgIpc) is 2.93. The summed E-state index contributed by atoms with van der Waals surface area (Å²) >= 11 is 12.7. The lowest BCUT2D eigenvalue weighted by Crippen LogP contribution is -2.52. The molecule has 0 aromatic heterocycles. The first-order valence-electron chi connectivity index (χ1n) is 12.7. The molecule has 5 nitrogen and oxygen atoms in total. The summed E-state index contributed by atoms with van der Waals surface area (Å²) in [6.07, 6.45) is 4.20. The Hall–Kier alpha value is -3.02. The molecule has 2 atom stereocenters. The highest BCUT2D eigenvalue weighted by Gasteiger charge is 2.42. The number of rotatable bonds is 9. The minimum absolute atomic E-state index is 0.0259. The van der Waals surface area contributed by atoms with Crippen LogP contribution in [0.4, 0.5) is 5.69 Å². The van der Waals surface area contributed by atoms with Gasteiger partial charge >= 0.3 is 0 Å². The molecule has 1 N–H and O–H groups in total. The van der Waals surface area contributed by atoms with Gasteiger partial charge in [-0.1, -0.05) is 72.9 Å². The molecular weight excluding hydrogens is 505 g/mol. The van der Waals surface area contributed by atoms with Crippen molar-refractivity contribution >= 4 is 41.2 Å². The number of piperidine rings is 1. The van der Waals surface area contributed by atoms with Crippen LogP contribution in [0.25, 0.3) is 0 Å². The molecule has 1 aliphatic heterocycles. The van der Waals surface area contributed by atoms with E-state index in [-0.39, 0.29) is 11.9 Å². The summed E-state index contributed by atoms with van der Waals surface area (Å²) in [5.74, 6) is 0.0259. The van der Waals surface area contributed by atoms with Gasteiger partial charge in [-0.3, -0.25) is 9.59 Å². The van der Waals surface area contributed by atoms with Crippen LogP contribution < -0.4 is 10.2 Å². The molecule has 1 aliphatic rings. The quantitative estimate of drug-likeness (QED) is 0.303. The Morgan fingerprint density at radius 2 is 1.81 bits per heavy atom. The van der Waals surface area contributed by atoms with E-state index in [1.54, 1.807) is 4.90 Å². The fourth-order valence-corrected chi connectivity index (χ4v) is 5.50. The molecule has 7 heteroatoms. The van der Waals surface area contributed by atoms with Crippen molar-refractivity contribution in [2.75, 3.05) is 25.0 Å². The van der Waals surface area contributed by atoms with Crippen molar-refractivity contribution < 1.29 is 9.59 Å². The van der Waals surface area contributed by atoms with Crippen LogP contribution in [-0.4, -0.2) is 37.4 Å². The number of carbonyl (C=O) groups is 2. The van der Waals surface area contributed by atoms with E-state index in [0.29, 0.717) is 28.6 Å². The summed E-state index contributed by atoms with van der Waals surface area (Å²) in [6, 6.07) is 23.5. The predicted molar refractivity (Wildman–Crippen MR) is 151 cm³/mol. The van der Waals surface area contributed by atoms with Crippen molar-refractivity contribution in [2.24, 2.45) is 0 Å². The Kier molecular flexibility index (Phi) is 8.78. The normalized spacial score (nSPS) is 19.4. The maximum absolute atomic E-state index is 12.9.